The summed E-state index contributed by atoms with van der Waals surface area (Å²) in [6, 6.07) is 0. The van der Waals surface area contributed by atoms with Gasteiger partial charge in [0.25, 0.3) is 0 Å². The minimum absolute atomic E-state index is 0.0171. The summed E-state index contributed by atoms with van der Waals surface area (Å²) >= 11 is 0. The summed E-state index contributed by atoms with van der Waals surface area (Å²) < 4.78 is 23.2. The highest BCUT2D eigenvalue weighted by molar-refractivity contribution is 5.69. The Bertz CT molecular complexity index is 1070. The van der Waals surface area contributed by atoms with E-state index in [0.717, 1.165) is 0 Å². The molecule has 0 aromatic carbocycles. The molecule has 0 amide bonds. The molecule has 2 N–H and O–H groups in total. The van der Waals surface area contributed by atoms with Gasteiger partial charge in [0, 0.05) is 46.0 Å². The molecule has 0 heterocycles. The highest BCUT2D eigenvalue weighted by Gasteiger charge is 2.67. The number of ether oxygens (including phenoxy) is 4. The second kappa shape index (κ2) is 10.1. The molecule has 38 heavy (non-hydrogen) atoms. The summed E-state index contributed by atoms with van der Waals surface area (Å²) in [7, 11) is 0. The van der Waals surface area contributed by atoms with Crippen molar-refractivity contribution in [1.82, 2.24) is 0 Å². The molecule has 10 nitrogen and oxygen atoms in total. The quantitative estimate of drug-likeness (QED) is 0.312. The van der Waals surface area contributed by atoms with Gasteiger partial charge < -0.3 is 29.2 Å². The predicted molar refractivity (Wildman–Crippen MR) is 134 cm³/mol. The van der Waals surface area contributed by atoms with Crippen LogP contribution in [0, 0.1) is 16.7 Å². The van der Waals surface area contributed by atoms with Gasteiger partial charge in [0.1, 0.15) is 12.2 Å². The van der Waals surface area contributed by atoms with Crippen molar-refractivity contribution >= 4 is 23.9 Å². The van der Waals surface area contributed by atoms with Crippen LogP contribution in [0.25, 0.3) is 0 Å². The van der Waals surface area contributed by atoms with Crippen LogP contribution >= 0.6 is 0 Å². The monoisotopic (exact) mass is 536 g/mol. The normalized spacial score (nSPS) is 38.2. The van der Waals surface area contributed by atoms with Gasteiger partial charge in [0.2, 0.25) is 0 Å². The fourth-order valence-corrected chi connectivity index (χ4v) is 6.94. The molecule has 3 aliphatic carbocycles. The van der Waals surface area contributed by atoms with Gasteiger partial charge in [-0.05, 0) is 36.0 Å². The molecular weight excluding hydrogens is 496 g/mol. The number of fused-ring (bicyclic) bond motifs is 3. The third-order valence-electron chi connectivity index (χ3n) is 8.94. The van der Waals surface area contributed by atoms with E-state index in [1.54, 1.807) is 27.7 Å². The van der Waals surface area contributed by atoms with Gasteiger partial charge in [-0.15, -0.1) is 0 Å². The molecule has 0 radical (unpaired) electrons. The largest absolute Gasteiger partial charge is 0.462 e. The van der Waals surface area contributed by atoms with Crippen molar-refractivity contribution in [3.63, 3.8) is 0 Å². The molecule has 0 saturated heterocycles. The molecule has 2 fully saturated rings. The number of esters is 4. The predicted octanol–water partition coefficient (Wildman–Crippen LogP) is 2.54. The fraction of sp³-hybridized carbons (Fsp3) is 0.714. The first-order valence-corrected chi connectivity index (χ1v) is 12.9. The maximum atomic E-state index is 12.5. The van der Waals surface area contributed by atoms with Crippen LogP contribution in [0.3, 0.4) is 0 Å². The van der Waals surface area contributed by atoms with Crippen LogP contribution in [0.15, 0.2) is 23.3 Å². The number of rotatable bonds is 4. The average Bonchev–Trinajstić information content (AvgIpc) is 2.75. The van der Waals surface area contributed by atoms with E-state index in [1.807, 2.05) is 0 Å². The number of hydrogen-bond acceptors (Lipinski definition) is 10. The van der Waals surface area contributed by atoms with Gasteiger partial charge in [0.15, 0.2) is 12.2 Å². The summed E-state index contributed by atoms with van der Waals surface area (Å²) in [5, 5.41) is 23.3. The lowest BCUT2D eigenvalue weighted by Crippen LogP contribution is -2.68. The Morgan fingerprint density at radius 2 is 1.39 bits per heavy atom. The average molecular weight is 537 g/mol. The van der Waals surface area contributed by atoms with Gasteiger partial charge in [0.05, 0.1) is 17.1 Å². The van der Waals surface area contributed by atoms with Crippen molar-refractivity contribution in [2.45, 2.75) is 111 Å². The Labute approximate surface area is 223 Å². The highest BCUT2D eigenvalue weighted by atomic mass is 16.6. The van der Waals surface area contributed by atoms with Gasteiger partial charge in [-0.2, -0.15) is 0 Å². The molecule has 2 saturated carbocycles. The van der Waals surface area contributed by atoms with Crippen LogP contribution in [0.2, 0.25) is 0 Å². The zero-order chi connectivity index (χ0) is 29.0. The number of hydrogen-bond donors (Lipinski definition) is 2. The standard InChI is InChI=1S/C28H40O10/c1-13-19-11-28(34)12-21(35-15(3)29)14(2)23(26(28,7)8)24(37-17(5)31)25(38-18(6)32)27(19,9)22(10-20(13)33)36-16(4)30/h19-22,24-25,33-34H,1,10-12H2,2-9H3. The van der Waals surface area contributed by atoms with E-state index in [4.69, 9.17) is 18.9 Å². The topological polar surface area (TPSA) is 146 Å². The first kappa shape index (κ1) is 29.8. The van der Waals surface area contributed by atoms with Gasteiger partial charge in [-0.25, -0.2) is 0 Å². The van der Waals surface area contributed by atoms with E-state index in [2.05, 4.69) is 6.58 Å². The van der Waals surface area contributed by atoms with Crippen molar-refractivity contribution in [3.05, 3.63) is 23.3 Å². The van der Waals surface area contributed by atoms with Gasteiger partial charge in [-0.1, -0.05) is 27.4 Å². The molecule has 3 rings (SSSR count). The molecule has 2 bridgehead atoms. The van der Waals surface area contributed by atoms with Crippen LogP contribution < -0.4 is 0 Å². The molecule has 0 aromatic heterocycles. The Balaban J connectivity index is 2.44. The molecule has 212 valence electrons. The first-order valence-electron chi connectivity index (χ1n) is 12.9. The number of aliphatic hydroxyl groups excluding tert-OH is 1. The number of carbonyl (C=O) groups excluding carboxylic acids is 4. The lowest BCUT2D eigenvalue weighted by molar-refractivity contribution is -0.223. The maximum absolute atomic E-state index is 12.5. The molecule has 8 atom stereocenters. The second-order valence-corrected chi connectivity index (χ2v) is 11.7. The third kappa shape index (κ3) is 4.88. The number of carbonyl (C=O) groups is 4. The fourth-order valence-electron chi connectivity index (χ4n) is 6.94. The molecule has 0 aromatic rings. The van der Waals surface area contributed by atoms with Crippen LogP contribution in [0.4, 0.5) is 0 Å². The van der Waals surface area contributed by atoms with Crippen LogP contribution in [0.1, 0.15) is 74.7 Å². The second-order valence-electron chi connectivity index (χ2n) is 11.7. The Kier molecular flexibility index (Phi) is 7.94. The summed E-state index contributed by atoms with van der Waals surface area (Å²) in [4.78, 5) is 49.3. The van der Waals surface area contributed by atoms with E-state index in [1.165, 1.54) is 27.7 Å². The Hall–Kier alpha value is -2.72. The summed E-state index contributed by atoms with van der Waals surface area (Å²) in [6.45, 7) is 16.1. The zero-order valence-corrected chi connectivity index (χ0v) is 23.5. The highest BCUT2D eigenvalue weighted by Crippen LogP contribution is 2.62. The van der Waals surface area contributed by atoms with Crippen molar-refractivity contribution in [2.24, 2.45) is 16.7 Å². The summed E-state index contributed by atoms with van der Waals surface area (Å²) in [5.74, 6) is -3.23. The smallest absolute Gasteiger partial charge is 0.303 e. The third-order valence-corrected chi connectivity index (χ3v) is 8.94. The lowest BCUT2D eigenvalue weighted by Gasteiger charge is -2.61. The van der Waals surface area contributed by atoms with Crippen molar-refractivity contribution in [2.75, 3.05) is 0 Å². The van der Waals surface area contributed by atoms with Crippen LogP contribution in [-0.2, 0) is 38.1 Å². The summed E-state index contributed by atoms with van der Waals surface area (Å²) in [5.41, 5.74) is -2.48. The Morgan fingerprint density at radius 3 is 1.89 bits per heavy atom. The first-order chi connectivity index (χ1) is 17.4. The maximum Gasteiger partial charge on any atom is 0.303 e. The van der Waals surface area contributed by atoms with E-state index in [9.17, 15) is 29.4 Å². The SMILES string of the molecule is C=C1C(O)CC(OC(C)=O)C2(C)C1CC1(O)CC(OC(C)=O)C(C)=C(C(OC(C)=O)C2OC(C)=O)C1(C)C. The molecule has 8 unspecified atom stereocenters. The van der Waals surface area contributed by atoms with Gasteiger partial charge >= 0.3 is 23.9 Å². The molecular formula is C28H40O10. The van der Waals surface area contributed by atoms with Crippen molar-refractivity contribution < 1.29 is 48.3 Å². The molecule has 0 spiro atoms. The molecule has 0 aliphatic heterocycles. The molecule has 10 heteroatoms. The Morgan fingerprint density at radius 1 is 0.868 bits per heavy atom. The lowest BCUT2D eigenvalue weighted by atomic mass is 9.48. The number of aliphatic hydroxyl groups is 2. The van der Waals surface area contributed by atoms with Crippen LogP contribution in [0.5, 0.6) is 0 Å². The molecule has 3 aliphatic rings. The van der Waals surface area contributed by atoms with E-state index in [0.29, 0.717) is 16.7 Å². The van der Waals surface area contributed by atoms with E-state index < -0.39 is 76.7 Å². The van der Waals surface area contributed by atoms with Crippen LogP contribution in [-0.4, -0.2) is 70.2 Å². The van der Waals surface area contributed by atoms with Crippen molar-refractivity contribution in [1.29, 1.82) is 0 Å². The minimum atomic E-state index is -1.55. The van der Waals surface area contributed by atoms with Gasteiger partial charge in [-0.3, -0.25) is 19.2 Å². The van der Waals surface area contributed by atoms with Crippen molar-refractivity contribution in [3.8, 4) is 0 Å². The minimum Gasteiger partial charge on any atom is -0.462 e. The zero-order valence-electron chi connectivity index (χ0n) is 23.5. The van der Waals surface area contributed by atoms with E-state index in [-0.39, 0.29) is 19.3 Å². The summed E-state index contributed by atoms with van der Waals surface area (Å²) in [6.07, 6.45) is -5.28. The van der Waals surface area contributed by atoms with E-state index >= 15 is 0 Å².